The SMILES string of the molecule is COC[C@@H]1C2[C@@H](CN1C)[C@H]2C. The number of methoxy groups -OCH3 is 1. The van der Waals surface area contributed by atoms with Gasteiger partial charge in [-0.15, -0.1) is 0 Å². The molecule has 1 saturated heterocycles. The van der Waals surface area contributed by atoms with Gasteiger partial charge in [-0.05, 0) is 24.8 Å². The van der Waals surface area contributed by atoms with Gasteiger partial charge in [-0.2, -0.15) is 0 Å². The van der Waals surface area contributed by atoms with Crippen molar-refractivity contribution in [2.24, 2.45) is 17.8 Å². The molecule has 0 N–H and O–H groups in total. The average Bonchev–Trinajstić information content (AvgIpc) is 2.40. The molecule has 11 heavy (non-hydrogen) atoms. The Morgan fingerprint density at radius 3 is 2.82 bits per heavy atom. The Labute approximate surface area is 68.5 Å². The van der Waals surface area contributed by atoms with Crippen molar-refractivity contribution in [2.75, 3.05) is 27.3 Å². The van der Waals surface area contributed by atoms with Crippen molar-refractivity contribution in [1.29, 1.82) is 0 Å². The Morgan fingerprint density at radius 2 is 2.27 bits per heavy atom. The van der Waals surface area contributed by atoms with Crippen LogP contribution in [0.1, 0.15) is 6.92 Å². The molecule has 0 aromatic heterocycles. The molecule has 2 aliphatic rings. The fourth-order valence-corrected chi connectivity index (χ4v) is 2.67. The van der Waals surface area contributed by atoms with Gasteiger partial charge in [0.15, 0.2) is 0 Å². The van der Waals surface area contributed by atoms with Crippen LogP contribution in [0.4, 0.5) is 0 Å². The normalized spacial score (nSPS) is 49.4. The summed E-state index contributed by atoms with van der Waals surface area (Å²) in [6.45, 7) is 4.58. The molecule has 0 aromatic carbocycles. The Balaban J connectivity index is 1.96. The van der Waals surface area contributed by atoms with Crippen LogP contribution < -0.4 is 0 Å². The minimum Gasteiger partial charge on any atom is -0.383 e. The van der Waals surface area contributed by atoms with Crippen molar-refractivity contribution in [1.82, 2.24) is 4.90 Å². The molecule has 1 aliphatic carbocycles. The summed E-state index contributed by atoms with van der Waals surface area (Å²) in [5, 5.41) is 0. The highest BCUT2D eigenvalue weighted by Crippen LogP contribution is 2.54. The van der Waals surface area contributed by atoms with E-state index in [0.717, 1.165) is 24.4 Å². The molecule has 2 nitrogen and oxygen atoms in total. The lowest BCUT2D eigenvalue weighted by molar-refractivity contribution is 0.109. The predicted octanol–water partition coefficient (Wildman–Crippen LogP) is 0.829. The fourth-order valence-electron chi connectivity index (χ4n) is 2.67. The van der Waals surface area contributed by atoms with E-state index in [1.807, 2.05) is 0 Å². The number of likely N-dealkylation sites (tertiary alicyclic amines) is 1. The van der Waals surface area contributed by atoms with Gasteiger partial charge in [0.05, 0.1) is 6.61 Å². The van der Waals surface area contributed by atoms with E-state index in [0.29, 0.717) is 6.04 Å². The van der Waals surface area contributed by atoms with Crippen LogP contribution in [0.15, 0.2) is 0 Å². The number of hydrogen-bond acceptors (Lipinski definition) is 2. The largest absolute Gasteiger partial charge is 0.383 e. The maximum Gasteiger partial charge on any atom is 0.0620 e. The standard InChI is InChI=1S/C9H17NO/c1-6-7-4-10(2)8(5-11-3)9(6)7/h6-9H,4-5H2,1-3H3/t6-,7+,8-,9?/m1/s1. The first kappa shape index (κ1) is 7.56. The zero-order valence-electron chi connectivity index (χ0n) is 7.58. The third kappa shape index (κ3) is 1.00. The summed E-state index contributed by atoms with van der Waals surface area (Å²) < 4.78 is 5.20. The molecule has 64 valence electrons. The van der Waals surface area contributed by atoms with E-state index < -0.39 is 0 Å². The van der Waals surface area contributed by atoms with E-state index in [1.165, 1.54) is 6.54 Å². The molecule has 0 aromatic rings. The number of ether oxygens (including phenoxy) is 1. The first-order valence-electron chi connectivity index (χ1n) is 4.45. The summed E-state index contributed by atoms with van der Waals surface area (Å²) in [5.41, 5.74) is 0. The number of likely N-dealkylation sites (N-methyl/N-ethyl adjacent to an activating group) is 1. The molecule has 0 spiro atoms. The van der Waals surface area contributed by atoms with Crippen LogP contribution in [0.2, 0.25) is 0 Å². The van der Waals surface area contributed by atoms with Crippen LogP contribution in [0.5, 0.6) is 0 Å². The van der Waals surface area contributed by atoms with Gasteiger partial charge in [0, 0.05) is 19.7 Å². The van der Waals surface area contributed by atoms with Crippen LogP contribution in [-0.2, 0) is 4.74 Å². The van der Waals surface area contributed by atoms with Crippen molar-refractivity contribution >= 4 is 0 Å². The smallest absolute Gasteiger partial charge is 0.0620 e. The van der Waals surface area contributed by atoms with Gasteiger partial charge in [0.2, 0.25) is 0 Å². The predicted molar refractivity (Wildman–Crippen MR) is 44.4 cm³/mol. The highest BCUT2D eigenvalue weighted by molar-refractivity contribution is 5.07. The van der Waals surface area contributed by atoms with E-state index in [-0.39, 0.29) is 0 Å². The second kappa shape index (κ2) is 2.46. The summed E-state index contributed by atoms with van der Waals surface area (Å²) in [7, 11) is 4.01. The molecule has 2 rings (SSSR count). The number of rotatable bonds is 2. The van der Waals surface area contributed by atoms with Crippen molar-refractivity contribution in [3.05, 3.63) is 0 Å². The molecule has 4 atom stereocenters. The minimum absolute atomic E-state index is 0.708. The van der Waals surface area contributed by atoms with Crippen molar-refractivity contribution in [3.8, 4) is 0 Å². The molecule has 1 aliphatic heterocycles. The second-order valence-corrected chi connectivity index (χ2v) is 4.06. The lowest BCUT2D eigenvalue weighted by atomic mass is 10.2. The lowest BCUT2D eigenvalue weighted by Crippen LogP contribution is -2.34. The van der Waals surface area contributed by atoms with Gasteiger partial charge in [-0.3, -0.25) is 0 Å². The zero-order valence-corrected chi connectivity index (χ0v) is 7.58. The molecule has 0 bridgehead atoms. The summed E-state index contributed by atoms with van der Waals surface area (Å²) in [4.78, 5) is 2.44. The van der Waals surface area contributed by atoms with Crippen LogP contribution >= 0.6 is 0 Å². The van der Waals surface area contributed by atoms with Crippen molar-refractivity contribution in [2.45, 2.75) is 13.0 Å². The van der Waals surface area contributed by atoms with E-state index in [2.05, 4.69) is 18.9 Å². The van der Waals surface area contributed by atoms with E-state index in [4.69, 9.17) is 4.74 Å². The molecule has 2 fully saturated rings. The topological polar surface area (TPSA) is 12.5 Å². The lowest BCUT2D eigenvalue weighted by Gasteiger charge is -2.22. The van der Waals surface area contributed by atoms with E-state index in [9.17, 15) is 0 Å². The van der Waals surface area contributed by atoms with Crippen LogP contribution in [0.25, 0.3) is 0 Å². The van der Waals surface area contributed by atoms with Gasteiger partial charge >= 0.3 is 0 Å². The zero-order chi connectivity index (χ0) is 8.01. The quantitative estimate of drug-likeness (QED) is 0.585. The van der Waals surface area contributed by atoms with Crippen LogP contribution in [-0.4, -0.2) is 38.3 Å². The Kier molecular flexibility index (Phi) is 1.69. The molecular formula is C9H17NO. The monoisotopic (exact) mass is 155 g/mol. The van der Waals surface area contributed by atoms with Crippen LogP contribution in [0.3, 0.4) is 0 Å². The second-order valence-electron chi connectivity index (χ2n) is 4.06. The van der Waals surface area contributed by atoms with Gasteiger partial charge < -0.3 is 9.64 Å². The van der Waals surface area contributed by atoms with Gasteiger partial charge in [-0.25, -0.2) is 0 Å². The molecule has 1 saturated carbocycles. The first-order chi connectivity index (χ1) is 5.25. The summed E-state index contributed by atoms with van der Waals surface area (Å²) >= 11 is 0. The molecule has 1 heterocycles. The third-order valence-corrected chi connectivity index (χ3v) is 3.48. The highest BCUT2D eigenvalue weighted by Gasteiger charge is 2.57. The number of fused-ring (bicyclic) bond motifs is 1. The first-order valence-corrected chi connectivity index (χ1v) is 4.45. The van der Waals surface area contributed by atoms with Crippen molar-refractivity contribution < 1.29 is 4.74 Å². The van der Waals surface area contributed by atoms with Gasteiger partial charge in [0.25, 0.3) is 0 Å². The van der Waals surface area contributed by atoms with E-state index in [1.54, 1.807) is 7.11 Å². The Morgan fingerprint density at radius 1 is 1.55 bits per heavy atom. The number of hydrogen-bond donors (Lipinski definition) is 0. The number of nitrogens with zero attached hydrogens (tertiary/aromatic N) is 1. The Hall–Kier alpha value is -0.0800. The molecule has 0 amide bonds. The molecular weight excluding hydrogens is 138 g/mol. The minimum atomic E-state index is 0.708. The van der Waals surface area contributed by atoms with Crippen LogP contribution in [0, 0.1) is 17.8 Å². The Bertz CT molecular complexity index is 160. The third-order valence-electron chi connectivity index (χ3n) is 3.48. The molecule has 2 heteroatoms. The van der Waals surface area contributed by atoms with Crippen molar-refractivity contribution in [3.63, 3.8) is 0 Å². The van der Waals surface area contributed by atoms with Gasteiger partial charge in [-0.1, -0.05) is 6.92 Å². The number of piperidine rings is 1. The average molecular weight is 155 g/mol. The fraction of sp³-hybridized carbons (Fsp3) is 1.00. The highest BCUT2D eigenvalue weighted by atomic mass is 16.5. The summed E-state index contributed by atoms with van der Waals surface area (Å²) in [5.74, 6) is 2.89. The maximum absolute atomic E-state index is 5.20. The maximum atomic E-state index is 5.20. The molecule has 1 unspecified atom stereocenters. The summed E-state index contributed by atoms with van der Waals surface area (Å²) in [6.07, 6.45) is 0. The summed E-state index contributed by atoms with van der Waals surface area (Å²) in [6, 6.07) is 0.708. The van der Waals surface area contributed by atoms with E-state index >= 15 is 0 Å². The molecule has 0 radical (unpaired) electrons. The van der Waals surface area contributed by atoms with Gasteiger partial charge in [0.1, 0.15) is 0 Å².